The van der Waals surface area contributed by atoms with Gasteiger partial charge in [0.2, 0.25) is 0 Å². The molecule has 0 aliphatic heterocycles. The van der Waals surface area contributed by atoms with Gasteiger partial charge in [0, 0.05) is 43.4 Å². The Morgan fingerprint density at radius 2 is 1.50 bits per heavy atom. The maximum Gasteiger partial charge on any atom is 0.139 e. The first-order valence-electron chi connectivity index (χ1n) is 13.3. The van der Waals surface area contributed by atoms with Crippen LogP contribution in [0, 0.1) is 37.3 Å². The zero-order valence-electron chi connectivity index (χ0n) is 23.1. The number of aryl methyl sites for hydroxylation is 2. The minimum atomic E-state index is 0. The van der Waals surface area contributed by atoms with Gasteiger partial charge in [0.05, 0.1) is 5.58 Å². The van der Waals surface area contributed by atoms with Gasteiger partial charge in [-0.1, -0.05) is 77.2 Å². The van der Waals surface area contributed by atoms with Crippen LogP contribution in [0.25, 0.3) is 55.6 Å². The second kappa shape index (κ2) is 12.7. The molecule has 0 atom stereocenters. The van der Waals surface area contributed by atoms with E-state index in [-0.39, 0.29) is 20.1 Å². The third-order valence-corrected chi connectivity index (χ3v) is 7.08. The first-order chi connectivity index (χ1) is 20.1. The maximum absolute atomic E-state index is 9.86. The number of aromatic nitrogens is 2. The largest absolute Gasteiger partial charge is 0.499 e. The van der Waals surface area contributed by atoms with Crippen LogP contribution in [0.1, 0.15) is 16.7 Å². The summed E-state index contributed by atoms with van der Waals surface area (Å²) in [6.07, 6.45) is 3.66. The molecule has 5 heteroatoms. The van der Waals surface area contributed by atoms with Crippen molar-refractivity contribution in [3.63, 3.8) is 0 Å². The molecule has 4 aromatic carbocycles. The number of hydrogen-bond donors (Lipinski definition) is 0. The predicted molar refractivity (Wildman–Crippen MR) is 164 cm³/mol. The molecule has 0 saturated carbocycles. The zero-order chi connectivity index (χ0) is 28.2. The Morgan fingerprint density at radius 1 is 0.714 bits per heavy atom. The fourth-order valence-electron chi connectivity index (χ4n) is 4.80. The van der Waals surface area contributed by atoms with Gasteiger partial charge in [-0.15, -0.1) is 54.1 Å². The number of fused-ring (bicyclic) bond motifs is 3. The molecule has 3 heterocycles. The third kappa shape index (κ3) is 5.64. The summed E-state index contributed by atoms with van der Waals surface area (Å²) in [5.74, 6) is 0. The Hall–Kier alpha value is -4.88. The molecule has 0 unspecified atom stereocenters. The second-order valence-electron chi connectivity index (χ2n) is 9.69. The van der Waals surface area contributed by atoms with Crippen LogP contribution < -0.4 is 0 Å². The van der Waals surface area contributed by atoms with E-state index in [1.165, 1.54) is 11.1 Å². The van der Waals surface area contributed by atoms with Crippen molar-refractivity contribution in [1.29, 1.82) is 5.26 Å². The van der Waals surface area contributed by atoms with Gasteiger partial charge in [0.25, 0.3) is 0 Å². The Bertz CT molecular complexity index is 2010. The predicted octanol–water partition coefficient (Wildman–Crippen LogP) is 9.15. The van der Waals surface area contributed by atoms with Crippen LogP contribution in [0.4, 0.5) is 0 Å². The van der Waals surface area contributed by atoms with Crippen molar-refractivity contribution in [1.82, 2.24) is 9.97 Å². The molecule has 0 aliphatic rings. The van der Waals surface area contributed by atoms with Crippen LogP contribution in [-0.2, 0) is 20.1 Å². The summed E-state index contributed by atoms with van der Waals surface area (Å²) in [6, 6.07) is 42.2. The maximum atomic E-state index is 9.86. The first kappa shape index (κ1) is 28.6. The third-order valence-electron chi connectivity index (χ3n) is 7.08. The number of nitriles is 1. The summed E-state index contributed by atoms with van der Waals surface area (Å²) in [7, 11) is 0. The number of benzene rings is 4. The van der Waals surface area contributed by atoms with E-state index in [1.54, 1.807) is 6.20 Å². The summed E-state index contributed by atoms with van der Waals surface area (Å²) in [5.41, 5.74) is 9.85. The molecule has 0 spiro atoms. The number of furan rings is 1. The van der Waals surface area contributed by atoms with E-state index in [4.69, 9.17) is 4.42 Å². The monoisotopic (exact) mass is 720 g/mol. The molecule has 205 valence electrons. The van der Waals surface area contributed by atoms with Gasteiger partial charge >= 0.3 is 0 Å². The Kier molecular flexibility index (Phi) is 8.69. The minimum absolute atomic E-state index is 0. The molecular formula is C37H25IrN3O-2. The normalized spacial score (nSPS) is 10.4. The van der Waals surface area contributed by atoms with Gasteiger partial charge in [-0.05, 0) is 42.4 Å². The van der Waals surface area contributed by atoms with Gasteiger partial charge in [0.15, 0.2) is 0 Å². The van der Waals surface area contributed by atoms with Gasteiger partial charge in [-0.25, -0.2) is 0 Å². The quantitative estimate of drug-likeness (QED) is 0.171. The number of pyridine rings is 2. The van der Waals surface area contributed by atoms with Crippen LogP contribution >= 0.6 is 0 Å². The Morgan fingerprint density at radius 3 is 2.21 bits per heavy atom. The SMILES string of the molecule is Cc1cnc(-c2[c-]cccc2)cc1C.N#Cc1c(-c2ccccc2)ccc2c1oc1c(-c3ccccn3)[c-]ccc12.[Ir]. The summed E-state index contributed by atoms with van der Waals surface area (Å²) < 4.78 is 6.23. The van der Waals surface area contributed by atoms with Crippen LogP contribution in [0.3, 0.4) is 0 Å². The van der Waals surface area contributed by atoms with Crippen molar-refractivity contribution >= 4 is 21.9 Å². The molecule has 3 aromatic heterocycles. The fraction of sp³-hybridized carbons (Fsp3) is 0.0541. The average Bonchev–Trinajstić information content (AvgIpc) is 3.42. The molecule has 0 saturated heterocycles. The van der Waals surface area contributed by atoms with Crippen molar-refractivity contribution in [3.05, 3.63) is 144 Å². The molecule has 42 heavy (non-hydrogen) atoms. The molecule has 0 aliphatic carbocycles. The Balaban J connectivity index is 0.000000200. The summed E-state index contributed by atoms with van der Waals surface area (Å²) >= 11 is 0. The van der Waals surface area contributed by atoms with Crippen LogP contribution in [0.2, 0.25) is 0 Å². The minimum Gasteiger partial charge on any atom is -0.499 e. The van der Waals surface area contributed by atoms with E-state index in [2.05, 4.69) is 48.1 Å². The second-order valence-corrected chi connectivity index (χ2v) is 9.69. The molecule has 0 fully saturated rings. The van der Waals surface area contributed by atoms with Crippen molar-refractivity contribution < 1.29 is 24.5 Å². The summed E-state index contributed by atoms with van der Waals surface area (Å²) in [5, 5.41) is 11.7. The van der Waals surface area contributed by atoms with E-state index in [0.717, 1.165) is 44.4 Å². The number of rotatable bonds is 3. The Labute approximate surface area is 258 Å². The van der Waals surface area contributed by atoms with Gasteiger partial charge < -0.3 is 14.4 Å². The molecule has 0 amide bonds. The number of nitrogens with zero attached hydrogens (tertiary/aromatic N) is 3. The van der Waals surface area contributed by atoms with E-state index in [0.29, 0.717) is 16.7 Å². The van der Waals surface area contributed by atoms with E-state index >= 15 is 0 Å². The molecular weight excluding hydrogens is 695 g/mol. The summed E-state index contributed by atoms with van der Waals surface area (Å²) in [4.78, 5) is 8.80. The zero-order valence-corrected chi connectivity index (χ0v) is 25.4. The fourth-order valence-corrected chi connectivity index (χ4v) is 4.80. The van der Waals surface area contributed by atoms with Crippen LogP contribution in [0.15, 0.2) is 120 Å². The smallest absolute Gasteiger partial charge is 0.139 e. The van der Waals surface area contributed by atoms with E-state index < -0.39 is 0 Å². The van der Waals surface area contributed by atoms with E-state index in [9.17, 15) is 5.26 Å². The molecule has 7 rings (SSSR count). The van der Waals surface area contributed by atoms with Crippen LogP contribution in [-0.4, -0.2) is 9.97 Å². The molecule has 1 radical (unpaired) electrons. The number of hydrogen-bond acceptors (Lipinski definition) is 4. The van der Waals surface area contributed by atoms with Crippen molar-refractivity contribution in [2.24, 2.45) is 0 Å². The molecule has 4 nitrogen and oxygen atoms in total. The summed E-state index contributed by atoms with van der Waals surface area (Å²) in [6.45, 7) is 4.17. The van der Waals surface area contributed by atoms with E-state index in [1.807, 2.05) is 103 Å². The topological polar surface area (TPSA) is 62.7 Å². The van der Waals surface area contributed by atoms with Crippen molar-refractivity contribution in [3.8, 4) is 39.7 Å². The van der Waals surface area contributed by atoms with Gasteiger partial charge in [0.1, 0.15) is 17.2 Å². The van der Waals surface area contributed by atoms with Crippen LogP contribution in [0.5, 0.6) is 0 Å². The van der Waals surface area contributed by atoms with Crippen molar-refractivity contribution in [2.45, 2.75) is 13.8 Å². The van der Waals surface area contributed by atoms with Gasteiger partial charge in [-0.3, -0.25) is 0 Å². The first-order valence-corrected chi connectivity index (χ1v) is 13.3. The molecule has 0 bridgehead atoms. The molecule has 0 N–H and O–H groups in total. The molecule has 7 aromatic rings. The van der Waals surface area contributed by atoms with Gasteiger partial charge in [-0.2, -0.15) is 5.26 Å². The standard InChI is InChI=1S/C24H13N2O.C13H12N.Ir/c25-15-21-17(16-7-2-1-3-8-16)12-13-19-18-9-6-10-20(23(18)27-24(19)21)22-11-4-5-14-26-22;1-10-8-13(14-9-11(10)2)12-6-4-3-5-7-12;/h1-9,11-14H;3-6,8-9H,1-2H3;/q2*-1;. The average molecular weight is 720 g/mol. The van der Waals surface area contributed by atoms with Crippen molar-refractivity contribution in [2.75, 3.05) is 0 Å².